The SMILES string of the molecule is [CH2-]Oc1cccc2ccc[n+]([CH2-])c12.[Li+].[Li+].[O-]c1ccccc1-c1[nH+]c2ccccc2s1. The number of nitrogens with zero attached hydrogens (tertiary/aromatic N) is 1. The molecular weight excluding hydrogens is 394 g/mol. The van der Waals surface area contributed by atoms with Crippen LogP contribution in [0.3, 0.4) is 0 Å². The number of fused-ring (bicyclic) bond motifs is 2. The van der Waals surface area contributed by atoms with Crippen LogP contribution in [0.4, 0.5) is 0 Å². The van der Waals surface area contributed by atoms with Crippen LogP contribution in [0, 0.1) is 14.2 Å². The summed E-state index contributed by atoms with van der Waals surface area (Å²) in [5.41, 5.74) is 2.77. The number of pyridine rings is 1. The van der Waals surface area contributed by atoms with Gasteiger partial charge in [0.05, 0.1) is 11.9 Å². The van der Waals surface area contributed by atoms with Crippen LogP contribution >= 0.6 is 11.3 Å². The molecule has 4 nitrogen and oxygen atoms in total. The molecule has 5 aromatic rings. The molecular formula is C24H19Li2N2O2S+. The van der Waals surface area contributed by atoms with Crippen molar-refractivity contribution in [1.29, 1.82) is 0 Å². The van der Waals surface area contributed by atoms with Gasteiger partial charge in [0.2, 0.25) is 5.52 Å². The fourth-order valence-electron chi connectivity index (χ4n) is 3.12. The maximum Gasteiger partial charge on any atom is 1.00 e. The maximum atomic E-state index is 11.7. The smallest absolute Gasteiger partial charge is 0.872 e. The van der Waals surface area contributed by atoms with Gasteiger partial charge in [-0.3, -0.25) is 0 Å². The van der Waals surface area contributed by atoms with Crippen molar-refractivity contribution in [3.05, 3.63) is 99.2 Å². The van der Waals surface area contributed by atoms with Gasteiger partial charge in [-0.2, -0.15) is 12.1 Å². The molecule has 2 aromatic heterocycles. The summed E-state index contributed by atoms with van der Waals surface area (Å²) >= 11 is 1.61. The van der Waals surface area contributed by atoms with Crippen molar-refractivity contribution < 1.29 is 57.1 Å². The predicted molar refractivity (Wildman–Crippen MR) is 114 cm³/mol. The molecule has 7 heteroatoms. The van der Waals surface area contributed by atoms with E-state index in [4.69, 9.17) is 4.74 Å². The van der Waals surface area contributed by atoms with E-state index in [9.17, 15) is 5.11 Å². The summed E-state index contributed by atoms with van der Waals surface area (Å²) in [5, 5.41) is 13.7. The largest absolute Gasteiger partial charge is 1.00 e. The Morgan fingerprint density at radius 2 is 1.58 bits per heavy atom. The van der Waals surface area contributed by atoms with Crippen LogP contribution in [0.15, 0.2) is 85.1 Å². The molecule has 31 heavy (non-hydrogen) atoms. The molecule has 0 saturated heterocycles. The Bertz CT molecular complexity index is 1250. The van der Waals surface area contributed by atoms with Gasteiger partial charge in [0, 0.05) is 18.7 Å². The number of aromatic amines is 1. The molecule has 144 valence electrons. The second-order valence-corrected chi connectivity index (χ2v) is 7.42. The van der Waals surface area contributed by atoms with E-state index in [0.717, 1.165) is 32.7 Å². The van der Waals surface area contributed by atoms with E-state index in [-0.39, 0.29) is 43.5 Å². The van der Waals surface area contributed by atoms with Gasteiger partial charge < -0.3 is 14.4 Å². The third-order valence-corrected chi connectivity index (χ3v) is 5.60. The monoisotopic (exact) mass is 413 g/mol. The van der Waals surface area contributed by atoms with Gasteiger partial charge in [0.15, 0.2) is 5.52 Å². The van der Waals surface area contributed by atoms with E-state index in [0.29, 0.717) is 0 Å². The Kier molecular flexibility index (Phi) is 9.07. The number of thiazole rings is 1. The average Bonchev–Trinajstić information content (AvgIpc) is 3.18. The number of hydrogen-bond donors (Lipinski definition) is 0. The Balaban J connectivity index is 0.000000211. The maximum absolute atomic E-state index is 11.7. The molecule has 3 aromatic carbocycles. The quantitative estimate of drug-likeness (QED) is 0.199. The van der Waals surface area contributed by atoms with Crippen LogP contribution in [-0.4, -0.2) is 0 Å². The number of nitrogens with one attached hydrogen (secondary N) is 1. The van der Waals surface area contributed by atoms with E-state index in [1.807, 2.05) is 72.9 Å². The number of ether oxygens (including phenoxy) is 1. The molecule has 5 rings (SSSR count). The Hall–Kier alpha value is -2.38. The zero-order valence-electron chi connectivity index (χ0n) is 17.7. The van der Waals surface area contributed by atoms with Crippen LogP contribution in [-0.2, 0) is 0 Å². The predicted octanol–water partition coefficient (Wildman–Crippen LogP) is -1.60. The molecule has 0 fully saturated rings. The van der Waals surface area contributed by atoms with Crippen molar-refractivity contribution in [3.63, 3.8) is 0 Å². The first-order valence-electron chi connectivity index (χ1n) is 9.01. The van der Waals surface area contributed by atoms with Gasteiger partial charge in [0.1, 0.15) is 4.70 Å². The molecule has 0 aliphatic heterocycles. The summed E-state index contributed by atoms with van der Waals surface area (Å²) in [5.74, 6) is 0.804. The molecule has 0 spiro atoms. The van der Waals surface area contributed by atoms with Crippen molar-refractivity contribution in [2.75, 3.05) is 0 Å². The molecule has 0 aliphatic rings. The van der Waals surface area contributed by atoms with Gasteiger partial charge in [-0.1, -0.05) is 71.7 Å². The molecule has 0 unspecified atom stereocenters. The first-order valence-corrected chi connectivity index (χ1v) is 9.82. The van der Waals surface area contributed by atoms with Gasteiger partial charge in [-0.15, -0.1) is 0 Å². The Morgan fingerprint density at radius 3 is 2.32 bits per heavy atom. The molecule has 0 radical (unpaired) electrons. The van der Waals surface area contributed by atoms with E-state index >= 15 is 0 Å². The van der Waals surface area contributed by atoms with Crippen LogP contribution in [0.1, 0.15) is 0 Å². The molecule has 0 saturated carbocycles. The zero-order chi connectivity index (χ0) is 20.2. The molecule has 1 N–H and O–H groups in total. The summed E-state index contributed by atoms with van der Waals surface area (Å²) in [6.07, 6.45) is 1.88. The van der Waals surface area contributed by atoms with Gasteiger partial charge in [-0.05, 0) is 23.6 Å². The molecule has 0 amide bonds. The van der Waals surface area contributed by atoms with E-state index in [1.165, 1.54) is 4.70 Å². The minimum Gasteiger partial charge on any atom is -0.872 e. The summed E-state index contributed by atoms with van der Waals surface area (Å²) in [4.78, 5) is 3.27. The van der Waals surface area contributed by atoms with E-state index in [1.54, 1.807) is 28.0 Å². The summed E-state index contributed by atoms with van der Waals surface area (Å²) in [7, 11) is 7.27. The van der Waals surface area contributed by atoms with E-state index < -0.39 is 0 Å². The summed E-state index contributed by atoms with van der Waals surface area (Å²) in [6, 6.07) is 24.9. The van der Waals surface area contributed by atoms with Gasteiger partial charge in [-0.25, -0.2) is 0 Å². The minimum absolute atomic E-state index is 0. The van der Waals surface area contributed by atoms with Crippen molar-refractivity contribution in [1.82, 2.24) is 0 Å². The minimum atomic E-state index is 0. The standard InChI is InChI=1S/C13H9NOS.C11H10NO.2Li/c15-11-7-3-1-5-9(11)13-14-10-6-2-4-8-12(10)16-13;1-12-8-4-6-9-5-3-7-10(13-2)11(9)12;;/h1-8,15H;3-8H,1-2H2;;/q;-1;2*+1. The number of rotatable bonds is 2. The zero-order valence-corrected chi connectivity index (χ0v) is 18.5. The Labute approximate surface area is 209 Å². The third kappa shape index (κ3) is 5.46. The van der Waals surface area contributed by atoms with E-state index in [2.05, 4.69) is 19.1 Å². The number of benzene rings is 3. The molecule has 2 heterocycles. The average molecular weight is 413 g/mol. The van der Waals surface area contributed by atoms with Gasteiger partial charge in [0.25, 0.3) is 5.01 Å². The first-order chi connectivity index (χ1) is 14.2. The molecule has 0 bridgehead atoms. The fourth-order valence-corrected chi connectivity index (χ4v) is 4.15. The normalized spacial score (nSPS) is 9.84. The number of H-pyrrole nitrogens is 1. The Morgan fingerprint density at radius 1 is 0.871 bits per heavy atom. The number of aromatic nitrogens is 2. The molecule has 0 aliphatic carbocycles. The summed E-state index contributed by atoms with van der Waals surface area (Å²) < 4.78 is 7.94. The van der Waals surface area contributed by atoms with Gasteiger partial charge >= 0.3 is 37.7 Å². The topological polar surface area (TPSA) is 50.3 Å². The van der Waals surface area contributed by atoms with Crippen molar-refractivity contribution in [3.8, 4) is 22.1 Å². The van der Waals surface area contributed by atoms with Crippen molar-refractivity contribution in [2.45, 2.75) is 0 Å². The summed E-state index contributed by atoms with van der Waals surface area (Å²) in [6.45, 7) is 0. The number of para-hydroxylation sites is 3. The van der Waals surface area contributed by atoms with Crippen LogP contribution in [0.25, 0.3) is 31.7 Å². The molecule has 0 atom stereocenters. The number of hydrogen-bond acceptors (Lipinski definition) is 3. The first kappa shape index (κ1) is 24.9. The second-order valence-electron chi connectivity index (χ2n) is 6.36. The fraction of sp³-hybridized carbons (Fsp3) is 0. The second kappa shape index (κ2) is 11.3. The van der Waals surface area contributed by atoms with Crippen LogP contribution in [0.5, 0.6) is 11.5 Å². The van der Waals surface area contributed by atoms with Crippen LogP contribution in [0.2, 0.25) is 0 Å². The van der Waals surface area contributed by atoms with Crippen molar-refractivity contribution in [2.24, 2.45) is 0 Å². The third-order valence-electron chi connectivity index (χ3n) is 4.49. The van der Waals surface area contributed by atoms with Crippen molar-refractivity contribution >= 4 is 32.5 Å². The van der Waals surface area contributed by atoms with Crippen LogP contribution < -0.4 is 57.1 Å².